The Morgan fingerprint density at radius 1 is 1.26 bits per heavy atom. The second kappa shape index (κ2) is 6.81. The van der Waals surface area contributed by atoms with Gasteiger partial charge in [-0.05, 0) is 34.3 Å². The summed E-state index contributed by atoms with van der Waals surface area (Å²) in [6.07, 6.45) is 10.2. The highest BCUT2D eigenvalue weighted by atomic mass is 79.9. The summed E-state index contributed by atoms with van der Waals surface area (Å²) in [4.78, 5) is 4.10. The quantitative estimate of drug-likeness (QED) is 0.890. The topological polar surface area (TPSA) is 59.1 Å². The molecule has 2 rings (SSSR count). The van der Waals surface area contributed by atoms with Crippen molar-refractivity contribution in [1.82, 2.24) is 9.71 Å². The predicted molar refractivity (Wildman–Crippen MR) is 78.3 cm³/mol. The van der Waals surface area contributed by atoms with Crippen LogP contribution in [-0.2, 0) is 10.0 Å². The normalized spacial score (nSPS) is 17.5. The van der Waals surface area contributed by atoms with E-state index in [1.54, 1.807) is 12.3 Å². The lowest BCUT2D eigenvalue weighted by atomic mass is 9.87. The zero-order valence-corrected chi connectivity index (χ0v) is 13.2. The summed E-state index contributed by atoms with van der Waals surface area (Å²) in [6.45, 7) is 0.513. The van der Waals surface area contributed by atoms with Gasteiger partial charge in [0.15, 0.2) is 0 Å². The summed E-state index contributed by atoms with van der Waals surface area (Å²) in [5, 5.41) is 0. The Hall–Kier alpha value is -0.460. The number of halogens is 1. The number of hydrogen-bond donors (Lipinski definition) is 1. The van der Waals surface area contributed by atoms with Crippen molar-refractivity contribution in [3.8, 4) is 0 Å². The fourth-order valence-corrected chi connectivity index (χ4v) is 4.05. The van der Waals surface area contributed by atoms with Gasteiger partial charge in [0, 0.05) is 23.4 Å². The third-order valence-corrected chi connectivity index (χ3v) is 5.42. The van der Waals surface area contributed by atoms with Crippen LogP contribution in [0, 0.1) is 5.92 Å². The molecule has 1 aliphatic carbocycles. The second-order valence-electron chi connectivity index (χ2n) is 5.03. The van der Waals surface area contributed by atoms with Gasteiger partial charge in [-0.1, -0.05) is 32.1 Å². The van der Waals surface area contributed by atoms with Gasteiger partial charge in [-0.3, -0.25) is 4.98 Å². The third-order valence-electron chi connectivity index (χ3n) is 3.56. The lowest BCUT2D eigenvalue weighted by Gasteiger charge is -2.21. The summed E-state index contributed by atoms with van der Waals surface area (Å²) in [6, 6.07) is 1.57. The average Bonchev–Trinajstić information content (AvgIpc) is 2.40. The van der Waals surface area contributed by atoms with Crippen molar-refractivity contribution < 1.29 is 8.42 Å². The predicted octanol–water partition coefficient (Wildman–Crippen LogP) is 3.09. The lowest BCUT2D eigenvalue weighted by molar-refractivity contribution is 0.339. The zero-order valence-electron chi connectivity index (χ0n) is 10.8. The van der Waals surface area contributed by atoms with E-state index in [1.807, 2.05) is 0 Å². The molecule has 106 valence electrons. The van der Waals surface area contributed by atoms with Crippen LogP contribution in [0.5, 0.6) is 0 Å². The fourth-order valence-electron chi connectivity index (χ4n) is 2.50. The van der Waals surface area contributed by atoms with E-state index in [1.165, 1.54) is 38.3 Å². The molecule has 0 spiro atoms. The molecule has 6 heteroatoms. The van der Waals surface area contributed by atoms with Crippen LogP contribution >= 0.6 is 15.9 Å². The van der Waals surface area contributed by atoms with Gasteiger partial charge in [0.2, 0.25) is 10.0 Å². The molecule has 1 saturated carbocycles. The molecule has 0 saturated heterocycles. The zero-order chi connectivity index (χ0) is 13.7. The van der Waals surface area contributed by atoms with E-state index in [4.69, 9.17) is 0 Å². The van der Waals surface area contributed by atoms with Gasteiger partial charge in [0.05, 0.1) is 0 Å². The molecule has 1 heterocycles. The summed E-state index contributed by atoms with van der Waals surface area (Å²) in [5.74, 6) is 0.678. The van der Waals surface area contributed by atoms with E-state index < -0.39 is 10.0 Å². The lowest BCUT2D eigenvalue weighted by Crippen LogP contribution is -2.26. The van der Waals surface area contributed by atoms with Crippen molar-refractivity contribution >= 4 is 26.0 Å². The van der Waals surface area contributed by atoms with Crippen molar-refractivity contribution in [2.24, 2.45) is 5.92 Å². The monoisotopic (exact) mass is 346 g/mol. The first-order valence-electron chi connectivity index (χ1n) is 6.68. The maximum absolute atomic E-state index is 12.1. The van der Waals surface area contributed by atoms with Crippen LogP contribution in [0.1, 0.15) is 38.5 Å². The Labute approximate surface area is 123 Å². The fraction of sp³-hybridized carbons (Fsp3) is 0.615. The first-order valence-corrected chi connectivity index (χ1v) is 8.96. The number of sulfonamides is 1. The first-order chi connectivity index (χ1) is 9.08. The van der Waals surface area contributed by atoms with Gasteiger partial charge in [-0.25, -0.2) is 13.1 Å². The average molecular weight is 347 g/mol. The van der Waals surface area contributed by atoms with Gasteiger partial charge >= 0.3 is 0 Å². The molecule has 1 aliphatic rings. The molecule has 0 radical (unpaired) electrons. The number of nitrogens with one attached hydrogen (secondary N) is 1. The molecular formula is C13H19BrN2O2S. The first kappa shape index (κ1) is 14.9. The smallest absolute Gasteiger partial charge is 0.242 e. The standard InChI is InChI=1S/C13H19BrN2O2S/c14-12-8-13(10-15-9-12)19(17,18)16-7-6-11-4-2-1-3-5-11/h8-11,16H,1-7H2. The minimum atomic E-state index is -3.43. The van der Waals surface area contributed by atoms with Crippen LogP contribution in [0.15, 0.2) is 27.8 Å². The Bertz CT molecular complexity index is 513. The molecular weight excluding hydrogens is 328 g/mol. The number of pyridine rings is 1. The molecule has 0 bridgehead atoms. The molecule has 1 aromatic rings. The van der Waals surface area contributed by atoms with E-state index in [0.29, 0.717) is 16.9 Å². The highest BCUT2D eigenvalue weighted by Gasteiger charge is 2.17. The molecule has 0 aliphatic heterocycles. The molecule has 1 aromatic heterocycles. The van der Waals surface area contributed by atoms with Crippen LogP contribution in [0.2, 0.25) is 0 Å². The molecule has 1 N–H and O–H groups in total. The summed E-state index contributed by atoms with van der Waals surface area (Å²) < 4.78 is 27.4. The summed E-state index contributed by atoms with van der Waals surface area (Å²) in [5.41, 5.74) is 0. The SMILES string of the molecule is O=S(=O)(NCCC1CCCCC1)c1cncc(Br)c1. The van der Waals surface area contributed by atoms with Crippen molar-refractivity contribution in [3.05, 3.63) is 22.9 Å². The maximum Gasteiger partial charge on any atom is 0.242 e. The van der Waals surface area contributed by atoms with E-state index in [-0.39, 0.29) is 4.90 Å². The van der Waals surface area contributed by atoms with Crippen molar-refractivity contribution in [3.63, 3.8) is 0 Å². The highest BCUT2D eigenvalue weighted by molar-refractivity contribution is 9.10. The van der Waals surface area contributed by atoms with Crippen molar-refractivity contribution in [2.45, 2.75) is 43.4 Å². The van der Waals surface area contributed by atoms with E-state index >= 15 is 0 Å². The minimum Gasteiger partial charge on any atom is -0.262 e. The summed E-state index contributed by atoms with van der Waals surface area (Å²) >= 11 is 3.23. The van der Waals surface area contributed by atoms with Gasteiger partial charge < -0.3 is 0 Å². The molecule has 4 nitrogen and oxygen atoms in total. The number of hydrogen-bond acceptors (Lipinski definition) is 3. The van der Waals surface area contributed by atoms with Crippen LogP contribution in [0.4, 0.5) is 0 Å². The minimum absolute atomic E-state index is 0.213. The summed E-state index contributed by atoms with van der Waals surface area (Å²) in [7, 11) is -3.43. The van der Waals surface area contributed by atoms with Gasteiger partial charge in [-0.15, -0.1) is 0 Å². The Morgan fingerprint density at radius 2 is 2.00 bits per heavy atom. The Kier molecular flexibility index (Phi) is 5.36. The van der Waals surface area contributed by atoms with Crippen molar-refractivity contribution in [2.75, 3.05) is 6.54 Å². The number of aromatic nitrogens is 1. The van der Waals surface area contributed by atoms with Gasteiger partial charge in [0.1, 0.15) is 4.90 Å². The highest BCUT2D eigenvalue weighted by Crippen LogP contribution is 2.26. The molecule has 0 unspecified atom stereocenters. The molecule has 1 fully saturated rings. The Balaban J connectivity index is 1.87. The molecule has 0 amide bonds. The molecule has 0 atom stereocenters. The maximum atomic E-state index is 12.1. The van der Waals surface area contributed by atoms with E-state index in [2.05, 4.69) is 25.6 Å². The van der Waals surface area contributed by atoms with E-state index in [9.17, 15) is 8.42 Å². The Morgan fingerprint density at radius 3 is 2.68 bits per heavy atom. The third kappa shape index (κ3) is 4.54. The van der Waals surface area contributed by atoms with Crippen LogP contribution in [-0.4, -0.2) is 19.9 Å². The largest absolute Gasteiger partial charge is 0.262 e. The van der Waals surface area contributed by atoms with Gasteiger partial charge in [0.25, 0.3) is 0 Å². The van der Waals surface area contributed by atoms with Crippen molar-refractivity contribution in [1.29, 1.82) is 0 Å². The number of nitrogens with zero attached hydrogens (tertiary/aromatic N) is 1. The molecule has 0 aromatic carbocycles. The van der Waals surface area contributed by atoms with Gasteiger partial charge in [-0.2, -0.15) is 0 Å². The second-order valence-corrected chi connectivity index (χ2v) is 7.71. The van der Waals surface area contributed by atoms with Crippen LogP contribution in [0.3, 0.4) is 0 Å². The number of rotatable bonds is 5. The van der Waals surface area contributed by atoms with Crippen LogP contribution in [0.25, 0.3) is 0 Å². The van der Waals surface area contributed by atoms with Crippen LogP contribution < -0.4 is 4.72 Å². The van der Waals surface area contributed by atoms with E-state index in [0.717, 1.165) is 6.42 Å². The molecule has 19 heavy (non-hydrogen) atoms.